The SMILES string of the molecule is CN[C@@H](CCC(=O)CCCCN)C(C)=O. The van der Waals surface area contributed by atoms with Crippen LogP contribution >= 0.6 is 0 Å². The molecule has 0 amide bonds. The van der Waals surface area contributed by atoms with Gasteiger partial charge in [0.2, 0.25) is 0 Å². The molecule has 0 rings (SSSR count). The zero-order valence-corrected chi connectivity index (χ0v) is 9.71. The van der Waals surface area contributed by atoms with Crippen LogP contribution in [0.1, 0.15) is 39.0 Å². The molecule has 0 heterocycles. The molecular formula is C11H22N2O2. The van der Waals surface area contributed by atoms with Gasteiger partial charge in [-0.05, 0) is 39.8 Å². The van der Waals surface area contributed by atoms with Crippen LogP contribution in [0.2, 0.25) is 0 Å². The molecule has 0 aliphatic carbocycles. The second-order valence-electron chi connectivity index (χ2n) is 3.78. The van der Waals surface area contributed by atoms with Crippen LogP contribution in [0.15, 0.2) is 0 Å². The van der Waals surface area contributed by atoms with E-state index in [1.807, 2.05) is 0 Å². The maximum Gasteiger partial charge on any atom is 0.146 e. The molecule has 4 heteroatoms. The number of carbonyl (C=O) groups is 2. The van der Waals surface area contributed by atoms with Gasteiger partial charge in [0.05, 0.1) is 6.04 Å². The number of hydrogen-bond acceptors (Lipinski definition) is 4. The number of ketones is 2. The van der Waals surface area contributed by atoms with Gasteiger partial charge in [-0.2, -0.15) is 0 Å². The molecule has 0 aromatic heterocycles. The molecule has 0 aliphatic rings. The summed E-state index contributed by atoms with van der Waals surface area (Å²) in [5.41, 5.74) is 5.33. The van der Waals surface area contributed by atoms with E-state index in [-0.39, 0.29) is 17.6 Å². The van der Waals surface area contributed by atoms with Crippen molar-refractivity contribution in [3.8, 4) is 0 Å². The highest BCUT2D eigenvalue weighted by Crippen LogP contribution is 2.04. The lowest BCUT2D eigenvalue weighted by Gasteiger charge is -2.11. The van der Waals surface area contributed by atoms with Crippen molar-refractivity contribution in [3.05, 3.63) is 0 Å². The Bertz CT molecular complexity index is 205. The van der Waals surface area contributed by atoms with E-state index in [2.05, 4.69) is 5.32 Å². The van der Waals surface area contributed by atoms with E-state index in [1.165, 1.54) is 0 Å². The third-order valence-electron chi connectivity index (χ3n) is 2.46. The largest absolute Gasteiger partial charge is 0.330 e. The fourth-order valence-corrected chi connectivity index (χ4v) is 1.45. The topological polar surface area (TPSA) is 72.2 Å². The molecule has 0 saturated carbocycles. The Labute approximate surface area is 91.6 Å². The minimum absolute atomic E-state index is 0.0901. The second-order valence-corrected chi connectivity index (χ2v) is 3.78. The van der Waals surface area contributed by atoms with Gasteiger partial charge in [0.25, 0.3) is 0 Å². The average molecular weight is 214 g/mol. The van der Waals surface area contributed by atoms with Crippen molar-refractivity contribution in [1.82, 2.24) is 5.32 Å². The Kier molecular flexibility index (Phi) is 8.14. The number of rotatable bonds is 9. The summed E-state index contributed by atoms with van der Waals surface area (Å²) in [7, 11) is 1.74. The Morgan fingerprint density at radius 3 is 2.40 bits per heavy atom. The summed E-state index contributed by atoms with van der Waals surface area (Å²) in [5, 5.41) is 2.90. The van der Waals surface area contributed by atoms with Gasteiger partial charge in [0.15, 0.2) is 0 Å². The summed E-state index contributed by atoms with van der Waals surface area (Å²) in [6, 6.07) is -0.177. The summed E-state index contributed by atoms with van der Waals surface area (Å²) >= 11 is 0. The van der Waals surface area contributed by atoms with E-state index in [0.29, 0.717) is 25.8 Å². The highest BCUT2D eigenvalue weighted by atomic mass is 16.1. The number of hydrogen-bond donors (Lipinski definition) is 2. The first-order valence-corrected chi connectivity index (χ1v) is 5.51. The summed E-state index contributed by atoms with van der Waals surface area (Å²) in [6.45, 7) is 2.18. The Morgan fingerprint density at radius 1 is 1.27 bits per heavy atom. The molecule has 0 saturated heterocycles. The molecule has 0 aromatic carbocycles. The van der Waals surface area contributed by atoms with Crippen LogP contribution < -0.4 is 11.1 Å². The molecule has 88 valence electrons. The van der Waals surface area contributed by atoms with Crippen LogP contribution in [0.5, 0.6) is 0 Å². The van der Waals surface area contributed by atoms with Crippen molar-refractivity contribution in [2.24, 2.45) is 5.73 Å². The zero-order valence-electron chi connectivity index (χ0n) is 9.71. The minimum Gasteiger partial charge on any atom is -0.330 e. The first-order valence-electron chi connectivity index (χ1n) is 5.51. The molecule has 0 fully saturated rings. The van der Waals surface area contributed by atoms with Crippen LogP contribution in [-0.4, -0.2) is 31.2 Å². The normalized spacial score (nSPS) is 12.5. The fourth-order valence-electron chi connectivity index (χ4n) is 1.45. The number of carbonyl (C=O) groups excluding carboxylic acids is 2. The molecule has 0 unspecified atom stereocenters. The summed E-state index contributed by atoms with van der Waals surface area (Å²) < 4.78 is 0. The number of nitrogens with two attached hydrogens (primary N) is 1. The van der Waals surface area contributed by atoms with E-state index in [1.54, 1.807) is 14.0 Å². The monoisotopic (exact) mass is 214 g/mol. The summed E-state index contributed by atoms with van der Waals surface area (Å²) in [6.07, 6.45) is 3.43. The van der Waals surface area contributed by atoms with Crippen molar-refractivity contribution in [1.29, 1.82) is 0 Å². The Morgan fingerprint density at radius 2 is 1.93 bits per heavy atom. The van der Waals surface area contributed by atoms with Crippen molar-refractivity contribution in [2.45, 2.75) is 45.1 Å². The van der Waals surface area contributed by atoms with Gasteiger partial charge in [-0.3, -0.25) is 9.59 Å². The molecule has 0 aromatic rings. The predicted octanol–water partition coefficient (Wildman–Crippen LogP) is 0.642. The van der Waals surface area contributed by atoms with Crippen molar-refractivity contribution >= 4 is 11.6 Å². The molecule has 0 aliphatic heterocycles. The molecule has 0 bridgehead atoms. The number of nitrogens with one attached hydrogen (secondary N) is 1. The molecular weight excluding hydrogens is 192 g/mol. The Balaban J connectivity index is 3.64. The van der Waals surface area contributed by atoms with Gasteiger partial charge in [-0.25, -0.2) is 0 Å². The van der Waals surface area contributed by atoms with Crippen LogP contribution in [0.25, 0.3) is 0 Å². The highest BCUT2D eigenvalue weighted by molar-refractivity contribution is 5.83. The average Bonchev–Trinajstić information content (AvgIpc) is 2.18. The second kappa shape index (κ2) is 8.56. The quantitative estimate of drug-likeness (QED) is 0.553. The lowest BCUT2D eigenvalue weighted by molar-refractivity contribution is -0.120. The van der Waals surface area contributed by atoms with E-state index >= 15 is 0 Å². The smallest absolute Gasteiger partial charge is 0.146 e. The molecule has 15 heavy (non-hydrogen) atoms. The fraction of sp³-hybridized carbons (Fsp3) is 0.818. The van der Waals surface area contributed by atoms with Crippen molar-refractivity contribution < 1.29 is 9.59 Å². The number of unbranched alkanes of at least 4 members (excludes halogenated alkanes) is 1. The maximum atomic E-state index is 11.4. The summed E-state index contributed by atoms with van der Waals surface area (Å²) in [4.78, 5) is 22.4. The standard InChI is InChI=1S/C11H22N2O2/c1-9(14)11(13-2)7-6-10(15)5-3-4-8-12/h11,13H,3-8,12H2,1-2H3/t11-/m0/s1. The van der Waals surface area contributed by atoms with Gasteiger partial charge < -0.3 is 11.1 Å². The first-order chi connectivity index (χ1) is 7.11. The van der Waals surface area contributed by atoms with Crippen molar-refractivity contribution in [2.75, 3.05) is 13.6 Å². The lowest BCUT2D eigenvalue weighted by atomic mass is 10.0. The van der Waals surface area contributed by atoms with E-state index in [0.717, 1.165) is 12.8 Å². The molecule has 0 radical (unpaired) electrons. The van der Waals surface area contributed by atoms with Gasteiger partial charge in [-0.1, -0.05) is 0 Å². The van der Waals surface area contributed by atoms with Crippen molar-refractivity contribution in [3.63, 3.8) is 0 Å². The molecule has 3 N–H and O–H groups in total. The van der Waals surface area contributed by atoms with Crippen LogP contribution in [-0.2, 0) is 9.59 Å². The zero-order chi connectivity index (χ0) is 11.7. The highest BCUT2D eigenvalue weighted by Gasteiger charge is 2.12. The van der Waals surface area contributed by atoms with Gasteiger partial charge >= 0.3 is 0 Å². The third kappa shape index (κ3) is 7.22. The lowest BCUT2D eigenvalue weighted by Crippen LogP contribution is -2.32. The van der Waals surface area contributed by atoms with Gasteiger partial charge in [-0.15, -0.1) is 0 Å². The number of likely N-dealkylation sites (N-methyl/N-ethyl adjacent to an activating group) is 1. The third-order valence-corrected chi connectivity index (χ3v) is 2.46. The molecule has 4 nitrogen and oxygen atoms in total. The maximum absolute atomic E-state index is 11.4. The molecule has 1 atom stereocenters. The van der Waals surface area contributed by atoms with Gasteiger partial charge in [0, 0.05) is 12.8 Å². The van der Waals surface area contributed by atoms with E-state index < -0.39 is 0 Å². The minimum atomic E-state index is -0.177. The number of Topliss-reactive ketones (excluding diaryl/α,β-unsaturated/α-hetero) is 2. The summed E-state index contributed by atoms with van der Waals surface area (Å²) in [5.74, 6) is 0.317. The van der Waals surface area contributed by atoms with E-state index in [9.17, 15) is 9.59 Å². The van der Waals surface area contributed by atoms with Crippen LogP contribution in [0, 0.1) is 0 Å². The van der Waals surface area contributed by atoms with E-state index in [4.69, 9.17) is 5.73 Å². The van der Waals surface area contributed by atoms with Crippen LogP contribution in [0.3, 0.4) is 0 Å². The van der Waals surface area contributed by atoms with Crippen LogP contribution in [0.4, 0.5) is 0 Å². The molecule has 0 spiro atoms. The van der Waals surface area contributed by atoms with Gasteiger partial charge in [0.1, 0.15) is 11.6 Å². The first kappa shape index (κ1) is 14.3. The Hall–Kier alpha value is -0.740. The predicted molar refractivity (Wildman–Crippen MR) is 60.7 cm³/mol.